The molecule has 18 heavy (non-hydrogen) atoms. The Morgan fingerprint density at radius 2 is 2.00 bits per heavy atom. The lowest BCUT2D eigenvalue weighted by Crippen LogP contribution is -2.31. The second-order valence-electron chi connectivity index (χ2n) is 5.43. The molecule has 3 rings (SSSR count). The van der Waals surface area contributed by atoms with Crippen molar-refractivity contribution >= 4 is 0 Å². The van der Waals surface area contributed by atoms with Crippen LogP contribution in [-0.2, 0) is 0 Å². The standard InChI is InChI=1S/C14H20N2O2/c1-9-5-11-12(18-8-17-11)6-10(9)13(15)14(3-4-14)7-16-2/h5-6,13,16H,3-4,7-8,15H2,1-2H3. The van der Waals surface area contributed by atoms with Gasteiger partial charge < -0.3 is 20.5 Å². The molecule has 1 aromatic rings. The Hall–Kier alpha value is -1.26. The van der Waals surface area contributed by atoms with Crippen LogP contribution < -0.4 is 20.5 Å². The zero-order valence-corrected chi connectivity index (χ0v) is 11.0. The van der Waals surface area contributed by atoms with Crippen LogP contribution in [0.2, 0.25) is 0 Å². The van der Waals surface area contributed by atoms with E-state index in [1.54, 1.807) is 0 Å². The van der Waals surface area contributed by atoms with Gasteiger partial charge in [-0.3, -0.25) is 0 Å². The Morgan fingerprint density at radius 1 is 1.33 bits per heavy atom. The van der Waals surface area contributed by atoms with Crippen LogP contribution in [0.1, 0.15) is 30.0 Å². The van der Waals surface area contributed by atoms with Crippen LogP contribution in [-0.4, -0.2) is 20.4 Å². The van der Waals surface area contributed by atoms with Crippen LogP contribution >= 0.6 is 0 Å². The third kappa shape index (κ3) is 1.76. The Labute approximate surface area is 107 Å². The zero-order chi connectivity index (χ0) is 12.8. The van der Waals surface area contributed by atoms with E-state index < -0.39 is 0 Å². The molecule has 0 saturated heterocycles. The van der Waals surface area contributed by atoms with Gasteiger partial charge in [-0.05, 0) is 50.1 Å². The molecule has 4 heteroatoms. The molecule has 98 valence electrons. The molecule has 0 bridgehead atoms. The molecule has 2 aliphatic rings. The molecule has 4 nitrogen and oxygen atoms in total. The lowest BCUT2D eigenvalue weighted by molar-refractivity contribution is 0.174. The average molecular weight is 248 g/mol. The van der Waals surface area contributed by atoms with Crippen molar-refractivity contribution in [1.82, 2.24) is 5.32 Å². The van der Waals surface area contributed by atoms with E-state index >= 15 is 0 Å². The second kappa shape index (κ2) is 4.14. The highest BCUT2D eigenvalue weighted by atomic mass is 16.7. The smallest absolute Gasteiger partial charge is 0.231 e. The van der Waals surface area contributed by atoms with Crippen molar-refractivity contribution < 1.29 is 9.47 Å². The van der Waals surface area contributed by atoms with E-state index in [4.69, 9.17) is 15.2 Å². The predicted molar refractivity (Wildman–Crippen MR) is 69.8 cm³/mol. The van der Waals surface area contributed by atoms with E-state index in [0.29, 0.717) is 6.79 Å². The summed E-state index contributed by atoms with van der Waals surface area (Å²) in [7, 11) is 1.99. The Bertz CT molecular complexity index is 469. The van der Waals surface area contributed by atoms with Crippen molar-refractivity contribution in [3.8, 4) is 11.5 Å². The molecule has 1 heterocycles. The Kier molecular flexibility index (Phi) is 2.72. The van der Waals surface area contributed by atoms with Gasteiger partial charge in [0.25, 0.3) is 0 Å². The predicted octanol–water partition coefficient (Wildman–Crippen LogP) is 1.72. The van der Waals surface area contributed by atoms with Crippen molar-refractivity contribution in [2.75, 3.05) is 20.4 Å². The van der Waals surface area contributed by atoms with Crippen molar-refractivity contribution in [2.24, 2.45) is 11.1 Å². The molecule has 0 spiro atoms. The van der Waals surface area contributed by atoms with Crippen LogP contribution in [0.15, 0.2) is 12.1 Å². The largest absolute Gasteiger partial charge is 0.454 e. The average Bonchev–Trinajstić information content (AvgIpc) is 2.99. The topological polar surface area (TPSA) is 56.5 Å². The summed E-state index contributed by atoms with van der Waals surface area (Å²) in [6, 6.07) is 4.16. The number of ether oxygens (including phenoxy) is 2. The van der Waals surface area contributed by atoms with Gasteiger partial charge in [0.05, 0.1) is 0 Å². The fraction of sp³-hybridized carbons (Fsp3) is 0.571. The first-order valence-corrected chi connectivity index (χ1v) is 6.47. The van der Waals surface area contributed by atoms with Gasteiger partial charge in [0.15, 0.2) is 11.5 Å². The van der Waals surface area contributed by atoms with E-state index in [1.807, 2.05) is 13.1 Å². The summed E-state index contributed by atoms with van der Waals surface area (Å²) in [5.74, 6) is 1.66. The minimum atomic E-state index is 0.0689. The summed E-state index contributed by atoms with van der Waals surface area (Å²) in [6.07, 6.45) is 2.39. The van der Waals surface area contributed by atoms with Crippen molar-refractivity contribution in [2.45, 2.75) is 25.8 Å². The maximum atomic E-state index is 6.48. The van der Waals surface area contributed by atoms with Gasteiger partial charge in [-0.25, -0.2) is 0 Å². The summed E-state index contributed by atoms with van der Waals surface area (Å²) < 4.78 is 10.8. The molecule has 3 N–H and O–H groups in total. The molecule has 0 radical (unpaired) electrons. The van der Waals surface area contributed by atoms with Crippen molar-refractivity contribution in [3.63, 3.8) is 0 Å². The molecule has 1 atom stereocenters. The van der Waals surface area contributed by atoms with Crippen LogP contribution in [0.5, 0.6) is 11.5 Å². The molecular weight excluding hydrogens is 228 g/mol. The minimum Gasteiger partial charge on any atom is -0.454 e. The van der Waals surface area contributed by atoms with Crippen LogP contribution in [0.3, 0.4) is 0 Å². The first-order valence-electron chi connectivity index (χ1n) is 6.47. The monoisotopic (exact) mass is 248 g/mol. The maximum Gasteiger partial charge on any atom is 0.231 e. The third-order valence-corrected chi connectivity index (χ3v) is 4.18. The normalized spacial score (nSPS) is 20.8. The molecule has 1 aliphatic heterocycles. The first-order chi connectivity index (χ1) is 8.66. The van der Waals surface area contributed by atoms with Gasteiger partial charge in [0.1, 0.15) is 0 Å². The highest BCUT2D eigenvalue weighted by Crippen LogP contribution is 2.54. The Balaban J connectivity index is 1.92. The molecule has 1 aromatic carbocycles. The summed E-state index contributed by atoms with van der Waals surface area (Å²) in [4.78, 5) is 0. The van der Waals surface area contributed by atoms with E-state index in [0.717, 1.165) is 18.0 Å². The number of hydrogen-bond acceptors (Lipinski definition) is 4. The number of hydrogen-bond donors (Lipinski definition) is 2. The molecule has 0 aromatic heterocycles. The zero-order valence-electron chi connectivity index (χ0n) is 11.0. The number of nitrogens with one attached hydrogen (secondary N) is 1. The third-order valence-electron chi connectivity index (χ3n) is 4.18. The fourth-order valence-electron chi connectivity index (χ4n) is 2.83. The van der Waals surface area contributed by atoms with Gasteiger partial charge >= 0.3 is 0 Å². The van der Waals surface area contributed by atoms with Crippen LogP contribution in [0.4, 0.5) is 0 Å². The van der Waals surface area contributed by atoms with Gasteiger partial charge in [-0.15, -0.1) is 0 Å². The maximum absolute atomic E-state index is 6.48. The van der Waals surface area contributed by atoms with E-state index in [1.165, 1.54) is 24.0 Å². The molecule has 1 saturated carbocycles. The van der Waals surface area contributed by atoms with E-state index in [-0.39, 0.29) is 11.5 Å². The molecule has 1 fully saturated rings. The van der Waals surface area contributed by atoms with E-state index in [9.17, 15) is 0 Å². The van der Waals surface area contributed by atoms with Crippen LogP contribution in [0.25, 0.3) is 0 Å². The summed E-state index contributed by atoms with van der Waals surface area (Å²) in [5.41, 5.74) is 9.09. The highest BCUT2D eigenvalue weighted by molar-refractivity contribution is 5.50. The quantitative estimate of drug-likeness (QED) is 0.852. The number of nitrogens with two attached hydrogens (primary N) is 1. The summed E-state index contributed by atoms with van der Waals surface area (Å²) in [6.45, 7) is 3.38. The number of benzene rings is 1. The lowest BCUT2D eigenvalue weighted by Gasteiger charge is -2.25. The molecule has 0 amide bonds. The molecule has 1 unspecified atom stereocenters. The van der Waals surface area contributed by atoms with Crippen LogP contribution in [0, 0.1) is 12.3 Å². The van der Waals surface area contributed by atoms with Gasteiger partial charge in [0, 0.05) is 18.0 Å². The number of fused-ring (bicyclic) bond motifs is 1. The minimum absolute atomic E-state index is 0.0689. The fourth-order valence-corrected chi connectivity index (χ4v) is 2.83. The van der Waals surface area contributed by atoms with Crippen molar-refractivity contribution in [1.29, 1.82) is 0 Å². The lowest BCUT2D eigenvalue weighted by atomic mass is 9.88. The SMILES string of the molecule is CNCC1(C(N)c2cc3c(cc2C)OCO3)CC1. The van der Waals surface area contributed by atoms with Crippen molar-refractivity contribution in [3.05, 3.63) is 23.3 Å². The Morgan fingerprint density at radius 3 is 2.61 bits per heavy atom. The van der Waals surface area contributed by atoms with Gasteiger partial charge in [0.2, 0.25) is 6.79 Å². The highest BCUT2D eigenvalue weighted by Gasteiger charge is 2.48. The van der Waals surface area contributed by atoms with E-state index in [2.05, 4.69) is 18.3 Å². The molecule has 1 aliphatic carbocycles. The number of rotatable bonds is 4. The number of aryl methyl sites for hydroxylation is 1. The van der Waals surface area contributed by atoms with Gasteiger partial charge in [-0.2, -0.15) is 0 Å². The first kappa shape index (κ1) is 11.8. The summed E-state index contributed by atoms with van der Waals surface area (Å²) >= 11 is 0. The van der Waals surface area contributed by atoms with Gasteiger partial charge in [-0.1, -0.05) is 0 Å². The molecular formula is C14H20N2O2. The summed E-state index contributed by atoms with van der Waals surface area (Å²) in [5, 5.41) is 3.26. The second-order valence-corrected chi connectivity index (χ2v) is 5.43.